The summed E-state index contributed by atoms with van der Waals surface area (Å²) >= 11 is 0. The zero-order valence-electron chi connectivity index (χ0n) is 9.42. The molecule has 0 fully saturated rings. The fourth-order valence-corrected chi connectivity index (χ4v) is 1.41. The summed E-state index contributed by atoms with van der Waals surface area (Å²) in [7, 11) is 1.75. The molecule has 80 valence electrons. The summed E-state index contributed by atoms with van der Waals surface area (Å²) in [5, 5.41) is 0. The van der Waals surface area contributed by atoms with Crippen LogP contribution in [0.4, 0.5) is 0 Å². The van der Waals surface area contributed by atoms with Crippen molar-refractivity contribution in [3.05, 3.63) is 0 Å². The largest absolute Gasteiger partial charge is 0.383 e. The van der Waals surface area contributed by atoms with Crippen LogP contribution in [0.3, 0.4) is 0 Å². The molecule has 0 aliphatic rings. The summed E-state index contributed by atoms with van der Waals surface area (Å²) in [5.74, 6) is 0. The average Bonchev–Trinajstić information content (AvgIpc) is 2.05. The topological polar surface area (TPSA) is 38.5 Å². The van der Waals surface area contributed by atoms with Gasteiger partial charge >= 0.3 is 0 Å². The number of hydrogen-bond donors (Lipinski definition) is 1. The van der Waals surface area contributed by atoms with Crippen LogP contribution in [0.5, 0.6) is 0 Å². The molecule has 0 saturated carbocycles. The summed E-state index contributed by atoms with van der Waals surface area (Å²) in [5.41, 5.74) is 5.71. The Morgan fingerprint density at radius 1 is 1.38 bits per heavy atom. The van der Waals surface area contributed by atoms with Crippen molar-refractivity contribution in [2.45, 2.75) is 39.3 Å². The highest BCUT2D eigenvalue weighted by atomic mass is 16.5. The molecular weight excluding hydrogens is 164 g/mol. The molecule has 0 aromatic rings. The van der Waals surface area contributed by atoms with Crippen LogP contribution < -0.4 is 5.73 Å². The predicted molar refractivity (Wildman–Crippen MR) is 56.9 cm³/mol. The number of nitrogens with zero attached hydrogens (tertiary/aromatic N) is 1. The highest BCUT2D eigenvalue weighted by Gasteiger charge is 2.11. The van der Waals surface area contributed by atoms with Crippen molar-refractivity contribution in [1.29, 1.82) is 0 Å². The zero-order valence-corrected chi connectivity index (χ0v) is 9.42. The Kier molecular flexibility index (Phi) is 7.23. The SMILES string of the molecule is CCN(CCC(C)N)C(C)COC. The van der Waals surface area contributed by atoms with Gasteiger partial charge in [0.15, 0.2) is 0 Å². The Morgan fingerprint density at radius 3 is 2.38 bits per heavy atom. The Morgan fingerprint density at radius 2 is 2.00 bits per heavy atom. The summed E-state index contributed by atoms with van der Waals surface area (Å²) in [6.45, 7) is 9.35. The molecule has 3 heteroatoms. The number of nitrogens with two attached hydrogens (primary N) is 1. The van der Waals surface area contributed by atoms with E-state index in [-0.39, 0.29) is 0 Å². The normalized spacial score (nSPS) is 16.2. The molecule has 0 amide bonds. The van der Waals surface area contributed by atoms with Crippen LogP contribution in [0.2, 0.25) is 0 Å². The minimum atomic E-state index is 0.295. The molecule has 0 radical (unpaired) electrons. The van der Waals surface area contributed by atoms with Gasteiger partial charge in [-0.25, -0.2) is 0 Å². The van der Waals surface area contributed by atoms with Crippen LogP contribution in [-0.2, 0) is 4.74 Å². The van der Waals surface area contributed by atoms with Gasteiger partial charge in [-0.3, -0.25) is 4.90 Å². The number of likely N-dealkylation sites (N-methyl/N-ethyl adjacent to an activating group) is 1. The van der Waals surface area contributed by atoms with Crippen molar-refractivity contribution in [3.63, 3.8) is 0 Å². The lowest BCUT2D eigenvalue weighted by molar-refractivity contribution is 0.101. The van der Waals surface area contributed by atoms with E-state index in [1.165, 1.54) is 0 Å². The van der Waals surface area contributed by atoms with E-state index < -0.39 is 0 Å². The average molecular weight is 188 g/mol. The van der Waals surface area contributed by atoms with Crippen LogP contribution in [-0.4, -0.2) is 43.8 Å². The molecule has 0 rings (SSSR count). The molecule has 0 bridgehead atoms. The van der Waals surface area contributed by atoms with Gasteiger partial charge in [-0.05, 0) is 33.4 Å². The van der Waals surface area contributed by atoms with E-state index in [0.29, 0.717) is 12.1 Å². The van der Waals surface area contributed by atoms with Crippen LogP contribution in [0.15, 0.2) is 0 Å². The lowest BCUT2D eigenvalue weighted by atomic mass is 10.2. The molecule has 0 aromatic heterocycles. The van der Waals surface area contributed by atoms with Gasteiger partial charge in [0.05, 0.1) is 6.61 Å². The molecule has 2 unspecified atom stereocenters. The zero-order chi connectivity index (χ0) is 10.3. The molecule has 0 saturated heterocycles. The van der Waals surface area contributed by atoms with Gasteiger partial charge in [-0.2, -0.15) is 0 Å². The highest BCUT2D eigenvalue weighted by Crippen LogP contribution is 2.01. The van der Waals surface area contributed by atoms with E-state index in [9.17, 15) is 0 Å². The number of rotatable bonds is 7. The smallest absolute Gasteiger partial charge is 0.0615 e. The summed E-state index contributed by atoms with van der Waals surface area (Å²) in [6.07, 6.45) is 1.06. The third-order valence-corrected chi connectivity index (χ3v) is 2.31. The van der Waals surface area contributed by atoms with Crippen molar-refractivity contribution in [2.75, 3.05) is 26.8 Å². The van der Waals surface area contributed by atoms with E-state index in [0.717, 1.165) is 26.1 Å². The van der Waals surface area contributed by atoms with Crippen molar-refractivity contribution >= 4 is 0 Å². The Bertz CT molecular complexity index is 117. The third kappa shape index (κ3) is 6.02. The minimum Gasteiger partial charge on any atom is -0.383 e. The molecule has 0 aliphatic carbocycles. The minimum absolute atomic E-state index is 0.295. The first kappa shape index (κ1) is 12.9. The van der Waals surface area contributed by atoms with Crippen molar-refractivity contribution in [3.8, 4) is 0 Å². The maximum absolute atomic E-state index is 5.71. The molecule has 0 aromatic carbocycles. The summed E-state index contributed by atoms with van der Waals surface area (Å²) in [4.78, 5) is 2.40. The first-order valence-electron chi connectivity index (χ1n) is 5.10. The maximum atomic E-state index is 5.71. The lowest BCUT2D eigenvalue weighted by Crippen LogP contribution is -2.38. The van der Waals surface area contributed by atoms with E-state index in [1.807, 2.05) is 0 Å². The molecular formula is C10H24N2O. The number of ether oxygens (including phenoxy) is 1. The van der Waals surface area contributed by atoms with Gasteiger partial charge < -0.3 is 10.5 Å². The maximum Gasteiger partial charge on any atom is 0.0615 e. The van der Waals surface area contributed by atoms with E-state index >= 15 is 0 Å². The van der Waals surface area contributed by atoms with Crippen LogP contribution in [0.1, 0.15) is 27.2 Å². The molecule has 2 N–H and O–H groups in total. The second-order valence-electron chi connectivity index (χ2n) is 3.70. The lowest BCUT2D eigenvalue weighted by Gasteiger charge is -2.27. The van der Waals surface area contributed by atoms with Gasteiger partial charge in [0.25, 0.3) is 0 Å². The van der Waals surface area contributed by atoms with Crippen molar-refractivity contribution < 1.29 is 4.74 Å². The molecule has 3 nitrogen and oxygen atoms in total. The van der Waals surface area contributed by atoms with Gasteiger partial charge in [-0.1, -0.05) is 6.92 Å². The number of methoxy groups -OCH3 is 1. The Hall–Kier alpha value is -0.120. The van der Waals surface area contributed by atoms with Gasteiger partial charge in [0, 0.05) is 19.2 Å². The predicted octanol–water partition coefficient (Wildman–Crippen LogP) is 1.08. The molecule has 0 spiro atoms. The fourth-order valence-electron chi connectivity index (χ4n) is 1.41. The van der Waals surface area contributed by atoms with Crippen LogP contribution >= 0.6 is 0 Å². The van der Waals surface area contributed by atoms with Gasteiger partial charge in [0.1, 0.15) is 0 Å². The summed E-state index contributed by atoms with van der Waals surface area (Å²) < 4.78 is 5.12. The van der Waals surface area contributed by atoms with Crippen molar-refractivity contribution in [2.24, 2.45) is 5.73 Å². The second-order valence-corrected chi connectivity index (χ2v) is 3.70. The molecule has 0 aliphatic heterocycles. The second kappa shape index (κ2) is 7.30. The Balaban J connectivity index is 3.73. The standard InChI is InChI=1S/C10H24N2O/c1-5-12(7-6-9(2)11)10(3)8-13-4/h9-10H,5-8,11H2,1-4H3. The van der Waals surface area contributed by atoms with Crippen LogP contribution in [0.25, 0.3) is 0 Å². The van der Waals surface area contributed by atoms with E-state index in [2.05, 4.69) is 25.7 Å². The van der Waals surface area contributed by atoms with Gasteiger partial charge in [0.2, 0.25) is 0 Å². The fraction of sp³-hybridized carbons (Fsp3) is 1.00. The molecule has 2 atom stereocenters. The highest BCUT2D eigenvalue weighted by molar-refractivity contribution is 4.67. The van der Waals surface area contributed by atoms with E-state index in [1.54, 1.807) is 7.11 Å². The summed E-state index contributed by atoms with van der Waals surface area (Å²) in [6, 6.07) is 0.789. The first-order valence-corrected chi connectivity index (χ1v) is 5.10. The first-order chi connectivity index (χ1) is 6.11. The quantitative estimate of drug-likeness (QED) is 0.650. The molecule has 13 heavy (non-hydrogen) atoms. The number of hydrogen-bond acceptors (Lipinski definition) is 3. The Labute approximate surface area is 82.2 Å². The van der Waals surface area contributed by atoms with Crippen molar-refractivity contribution in [1.82, 2.24) is 4.90 Å². The van der Waals surface area contributed by atoms with Gasteiger partial charge in [-0.15, -0.1) is 0 Å². The monoisotopic (exact) mass is 188 g/mol. The van der Waals surface area contributed by atoms with Crippen LogP contribution in [0, 0.1) is 0 Å². The third-order valence-electron chi connectivity index (χ3n) is 2.31. The molecule has 0 heterocycles. The van der Waals surface area contributed by atoms with E-state index in [4.69, 9.17) is 10.5 Å².